The van der Waals surface area contributed by atoms with Crippen molar-refractivity contribution in [1.82, 2.24) is 15.5 Å². The van der Waals surface area contributed by atoms with Crippen LogP contribution in [0.2, 0.25) is 0 Å². The highest BCUT2D eigenvalue weighted by atomic mass is 32.1. The molecule has 174 valence electrons. The number of carbonyl (C=O) groups is 2. The van der Waals surface area contributed by atoms with Crippen molar-refractivity contribution in [2.75, 3.05) is 25.6 Å². The Morgan fingerprint density at radius 3 is 2.79 bits per heavy atom. The van der Waals surface area contributed by atoms with Gasteiger partial charge in [0, 0.05) is 24.1 Å². The third-order valence-electron chi connectivity index (χ3n) is 6.02. The number of ether oxygens (including phenoxy) is 1. The van der Waals surface area contributed by atoms with Gasteiger partial charge in [-0.3, -0.25) is 14.7 Å². The zero-order chi connectivity index (χ0) is 23.5. The minimum absolute atomic E-state index is 0.148. The van der Waals surface area contributed by atoms with E-state index in [1.807, 2.05) is 19.9 Å². The molecule has 33 heavy (non-hydrogen) atoms. The fraction of sp³-hybridized carbons (Fsp3) is 0.375. The number of phenolic OH excluding ortho intramolecular Hbond substituents is 1. The lowest BCUT2D eigenvalue weighted by molar-refractivity contribution is 0.0937. The van der Waals surface area contributed by atoms with E-state index in [0.29, 0.717) is 35.0 Å². The number of nitrogens with zero attached hydrogens (tertiary/aromatic N) is 1. The minimum Gasteiger partial charge on any atom is -0.507 e. The Bertz CT molecular complexity index is 1200. The summed E-state index contributed by atoms with van der Waals surface area (Å²) in [5, 5.41) is 23.8. The lowest BCUT2D eigenvalue weighted by Crippen LogP contribution is -2.28. The summed E-state index contributed by atoms with van der Waals surface area (Å²) in [6, 6.07) is 5.29. The summed E-state index contributed by atoms with van der Waals surface area (Å²) in [5.74, 6) is -0.442. The molecule has 9 heteroatoms. The van der Waals surface area contributed by atoms with Gasteiger partial charge in [0.2, 0.25) is 0 Å². The van der Waals surface area contributed by atoms with Crippen molar-refractivity contribution in [2.24, 2.45) is 0 Å². The molecule has 4 N–H and O–H groups in total. The van der Waals surface area contributed by atoms with Crippen molar-refractivity contribution in [3.63, 3.8) is 0 Å². The van der Waals surface area contributed by atoms with Crippen LogP contribution >= 0.6 is 11.3 Å². The number of aromatic nitrogens is 2. The van der Waals surface area contributed by atoms with Gasteiger partial charge >= 0.3 is 0 Å². The van der Waals surface area contributed by atoms with E-state index >= 15 is 0 Å². The summed E-state index contributed by atoms with van der Waals surface area (Å²) in [7, 11) is 1.58. The molecule has 1 aromatic carbocycles. The summed E-state index contributed by atoms with van der Waals surface area (Å²) in [6.45, 7) is 4.58. The monoisotopic (exact) mass is 468 g/mol. The first-order chi connectivity index (χ1) is 15.9. The summed E-state index contributed by atoms with van der Waals surface area (Å²) in [5.41, 5.74) is 4.60. The Kier molecular flexibility index (Phi) is 6.80. The molecule has 0 bridgehead atoms. The van der Waals surface area contributed by atoms with Crippen LogP contribution in [0.3, 0.4) is 0 Å². The van der Waals surface area contributed by atoms with Crippen molar-refractivity contribution >= 4 is 28.2 Å². The SMILES string of the molecule is COCCNC(=O)c1c(NC(=O)c2cc(-c3ccc(C)c(C)c3O)n[nH]2)sc2c1CCCC2. The van der Waals surface area contributed by atoms with Crippen molar-refractivity contribution in [2.45, 2.75) is 39.5 Å². The second-order valence-electron chi connectivity index (χ2n) is 8.19. The molecule has 0 fully saturated rings. The number of amides is 2. The lowest BCUT2D eigenvalue weighted by Gasteiger charge is -2.13. The number of thiophene rings is 1. The molecule has 0 radical (unpaired) electrons. The van der Waals surface area contributed by atoms with Crippen molar-refractivity contribution in [1.29, 1.82) is 0 Å². The molecule has 2 heterocycles. The Labute approximate surface area is 196 Å². The Morgan fingerprint density at radius 2 is 2.00 bits per heavy atom. The van der Waals surface area contributed by atoms with Gasteiger partial charge in [-0.2, -0.15) is 5.10 Å². The van der Waals surface area contributed by atoms with Gasteiger partial charge in [-0.1, -0.05) is 6.07 Å². The van der Waals surface area contributed by atoms with Crippen molar-refractivity contribution in [3.05, 3.63) is 51.0 Å². The Morgan fingerprint density at radius 1 is 1.21 bits per heavy atom. The van der Waals surface area contributed by atoms with E-state index in [1.165, 1.54) is 11.3 Å². The van der Waals surface area contributed by atoms with E-state index < -0.39 is 0 Å². The maximum absolute atomic E-state index is 13.0. The van der Waals surface area contributed by atoms with Gasteiger partial charge in [0.25, 0.3) is 11.8 Å². The van der Waals surface area contributed by atoms with Crippen LogP contribution in [-0.2, 0) is 17.6 Å². The number of benzene rings is 1. The maximum atomic E-state index is 13.0. The van der Waals surface area contributed by atoms with Crippen LogP contribution in [0.1, 0.15) is 55.3 Å². The molecule has 0 saturated carbocycles. The quantitative estimate of drug-likeness (QED) is 0.392. The molecule has 3 aromatic rings. The third-order valence-corrected chi connectivity index (χ3v) is 7.22. The average molecular weight is 469 g/mol. The van der Waals surface area contributed by atoms with Crippen LogP contribution < -0.4 is 10.6 Å². The largest absolute Gasteiger partial charge is 0.507 e. The Balaban J connectivity index is 1.59. The maximum Gasteiger partial charge on any atom is 0.274 e. The molecule has 0 atom stereocenters. The highest BCUT2D eigenvalue weighted by molar-refractivity contribution is 7.17. The first-order valence-corrected chi connectivity index (χ1v) is 11.8. The minimum atomic E-state index is -0.387. The molecule has 0 aliphatic heterocycles. The predicted octanol–water partition coefficient (Wildman–Crippen LogP) is 3.97. The first-order valence-electron chi connectivity index (χ1n) is 11.0. The van der Waals surface area contributed by atoms with Crippen LogP contribution in [0.4, 0.5) is 5.00 Å². The zero-order valence-corrected chi connectivity index (χ0v) is 19.8. The molecular weight excluding hydrogens is 440 g/mol. The van der Waals surface area contributed by atoms with E-state index in [4.69, 9.17) is 4.74 Å². The van der Waals surface area contributed by atoms with Gasteiger partial charge in [-0.15, -0.1) is 11.3 Å². The molecule has 1 aliphatic rings. The molecule has 2 amide bonds. The van der Waals surface area contributed by atoms with Gasteiger partial charge < -0.3 is 20.5 Å². The highest BCUT2D eigenvalue weighted by Gasteiger charge is 2.27. The summed E-state index contributed by atoms with van der Waals surface area (Å²) in [6.07, 6.45) is 3.84. The summed E-state index contributed by atoms with van der Waals surface area (Å²) < 4.78 is 5.03. The number of anilines is 1. The number of phenols is 1. The van der Waals surface area contributed by atoms with Crippen LogP contribution in [0, 0.1) is 13.8 Å². The number of carbonyl (C=O) groups excluding carboxylic acids is 2. The number of nitrogens with one attached hydrogen (secondary N) is 3. The molecule has 0 spiro atoms. The molecule has 8 nitrogen and oxygen atoms in total. The fourth-order valence-corrected chi connectivity index (χ4v) is 5.29. The summed E-state index contributed by atoms with van der Waals surface area (Å²) >= 11 is 1.46. The fourth-order valence-electron chi connectivity index (χ4n) is 4.00. The van der Waals surface area contributed by atoms with E-state index in [9.17, 15) is 14.7 Å². The number of aryl methyl sites for hydroxylation is 2. The van der Waals surface area contributed by atoms with Crippen LogP contribution in [0.15, 0.2) is 18.2 Å². The number of methoxy groups -OCH3 is 1. The van der Waals surface area contributed by atoms with Gasteiger partial charge in [-0.25, -0.2) is 0 Å². The molecule has 2 aromatic heterocycles. The average Bonchev–Trinajstić information content (AvgIpc) is 3.42. The van der Waals surface area contributed by atoms with Gasteiger partial charge in [-0.05, 0) is 68.4 Å². The van der Waals surface area contributed by atoms with Gasteiger partial charge in [0.15, 0.2) is 0 Å². The smallest absolute Gasteiger partial charge is 0.274 e. The van der Waals surface area contributed by atoms with E-state index in [-0.39, 0.29) is 23.3 Å². The highest BCUT2D eigenvalue weighted by Crippen LogP contribution is 2.38. The molecule has 1 aliphatic carbocycles. The standard InChI is InChI=1S/C24H28N4O4S/c1-13-8-9-15(21(29)14(13)2)17-12-18(28-27-17)22(30)26-24-20(23(31)25-10-11-32-3)16-6-4-5-7-19(16)33-24/h8-9,12,29H,4-7,10-11H2,1-3H3,(H,25,31)(H,26,30)(H,27,28). The number of hydrogen-bond donors (Lipinski definition) is 4. The second-order valence-corrected chi connectivity index (χ2v) is 9.29. The van der Waals surface area contributed by atoms with E-state index in [0.717, 1.165) is 47.3 Å². The summed E-state index contributed by atoms with van der Waals surface area (Å²) in [4.78, 5) is 27.1. The van der Waals surface area contributed by atoms with E-state index in [2.05, 4.69) is 20.8 Å². The number of aromatic hydroxyl groups is 1. The number of fused-ring (bicyclic) bond motifs is 1. The van der Waals surface area contributed by atoms with Crippen LogP contribution in [-0.4, -0.2) is 47.4 Å². The van der Waals surface area contributed by atoms with Gasteiger partial charge in [0.1, 0.15) is 16.4 Å². The second kappa shape index (κ2) is 9.76. The number of H-pyrrole nitrogens is 1. The molecular formula is C24H28N4O4S. The van der Waals surface area contributed by atoms with Crippen LogP contribution in [0.25, 0.3) is 11.3 Å². The number of aromatic amines is 1. The topological polar surface area (TPSA) is 116 Å². The van der Waals surface area contributed by atoms with Gasteiger partial charge in [0.05, 0.1) is 17.9 Å². The number of hydrogen-bond acceptors (Lipinski definition) is 6. The number of rotatable bonds is 7. The molecule has 4 rings (SSSR count). The lowest BCUT2D eigenvalue weighted by atomic mass is 9.95. The normalized spacial score (nSPS) is 12.9. The Hall–Kier alpha value is -3.17. The zero-order valence-electron chi connectivity index (χ0n) is 19.0. The predicted molar refractivity (Wildman–Crippen MR) is 128 cm³/mol. The molecule has 0 unspecified atom stereocenters. The van der Waals surface area contributed by atoms with Crippen molar-refractivity contribution < 1.29 is 19.4 Å². The third kappa shape index (κ3) is 4.65. The van der Waals surface area contributed by atoms with Crippen molar-refractivity contribution in [3.8, 4) is 17.0 Å². The van der Waals surface area contributed by atoms with Crippen LogP contribution in [0.5, 0.6) is 5.75 Å². The first kappa shape index (κ1) is 23.0. The molecule has 0 saturated heterocycles. The van der Waals surface area contributed by atoms with E-state index in [1.54, 1.807) is 19.2 Å².